The Labute approximate surface area is 109 Å². The Kier molecular flexibility index (Phi) is 4.99. The molecule has 18 heavy (non-hydrogen) atoms. The van der Waals surface area contributed by atoms with Gasteiger partial charge in [0.2, 0.25) is 0 Å². The van der Waals surface area contributed by atoms with Gasteiger partial charge in [0.25, 0.3) is 5.79 Å². The van der Waals surface area contributed by atoms with Gasteiger partial charge < -0.3 is 9.47 Å². The minimum Gasteiger partial charge on any atom is -0.428 e. The molecule has 1 aliphatic rings. The molecule has 2 unspecified atom stereocenters. The van der Waals surface area contributed by atoms with Crippen molar-refractivity contribution in [2.24, 2.45) is 0 Å². The summed E-state index contributed by atoms with van der Waals surface area (Å²) in [6.45, 7) is 9.37. The van der Waals surface area contributed by atoms with Gasteiger partial charge in [-0.3, -0.25) is 0 Å². The number of hydrogen-bond donors (Lipinski definition) is 0. The van der Waals surface area contributed by atoms with E-state index < -0.39 is 17.5 Å². The summed E-state index contributed by atoms with van der Waals surface area (Å²) in [5.41, 5.74) is -0.574. The van der Waals surface area contributed by atoms with Crippen LogP contribution in [0.1, 0.15) is 60.3 Å². The number of carbonyl (C=O) groups excluding carboxylic acids is 1. The molecule has 0 aromatic heterocycles. The van der Waals surface area contributed by atoms with Crippen LogP contribution in [0.25, 0.3) is 0 Å². The molecule has 0 amide bonds. The number of carbonyl (C=O) groups is 1. The van der Waals surface area contributed by atoms with Crippen molar-refractivity contribution in [2.45, 2.75) is 77.8 Å². The topological polar surface area (TPSA) is 54.0 Å². The highest BCUT2D eigenvalue weighted by Gasteiger charge is 2.54. The van der Waals surface area contributed by atoms with Gasteiger partial charge >= 0.3 is 6.16 Å². The van der Waals surface area contributed by atoms with Crippen molar-refractivity contribution in [3.63, 3.8) is 0 Å². The normalized spacial score (nSPS) is 27.5. The molecule has 0 radical (unpaired) electrons. The molecule has 1 aliphatic heterocycles. The fourth-order valence-corrected chi connectivity index (χ4v) is 1.73. The van der Waals surface area contributed by atoms with E-state index in [2.05, 4.69) is 6.92 Å². The van der Waals surface area contributed by atoms with Gasteiger partial charge in [-0.15, -0.1) is 0 Å². The first-order chi connectivity index (χ1) is 8.33. The van der Waals surface area contributed by atoms with E-state index in [1.54, 1.807) is 20.8 Å². The van der Waals surface area contributed by atoms with E-state index in [9.17, 15) is 4.79 Å². The molecule has 1 rings (SSSR count). The monoisotopic (exact) mass is 260 g/mol. The molecule has 0 spiro atoms. The zero-order valence-electron chi connectivity index (χ0n) is 11.9. The van der Waals surface area contributed by atoms with Crippen LogP contribution in [0.3, 0.4) is 0 Å². The van der Waals surface area contributed by atoms with E-state index in [1.807, 2.05) is 6.92 Å². The molecule has 5 heteroatoms. The molecule has 0 N–H and O–H groups in total. The molecule has 0 aliphatic carbocycles. The summed E-state index contributed by atoms with van der Waals surface area (Å²) in [5.74, 6) is -0.975. The number of ether oxygens (including phenoxy) is 2. The van der Waals surface area contributed by atoms with E-state index in [4.69, 9.17) is 19.2 Å². The van der Waals surface area contributed by atoms with Crippen molar-refractivity contribution in [1.29, 1.82) is 0 Å². The minimum absolute atomic E-state index is 0.199. The first-order valence-electron chi connectivity index (χ1n) is 6.59. The van der Waals surface area contributed by atoms with E-state index in [-0.39, 0.29) is 6.10 Å². The third-order valence-electron chi connectivity index (χ3n) is 2.75. The highest BCUT2D eigenvalue weighted by atomic mass is 17.3. The smallest absolute Gasteiger partial charge is 0.428 e. The molecular formula is C13H24O5. The molecule has 5 nitrogen and oxygen atoms in total. The third-order valence-corrected chi connectivity index (χ3v) is 2.75. The molecule has 1 fully saturated rings. The highest BCUT2D eigenvalue weighted by Crippen LogP contribution is 2.38. The summed E-state index contributed by atoms with van der Waals surface area (Å²) in [5, 5.41) is 0. The van der Waals surface area contributed by atoms with Crippen LogP contribution in [0.4, 0.5) is 4.79 Å². The predicted octanol–water partition coefficient (Wildman–Crippen LogP) is 3.57. The molecule has 0 saturated carbocycles. The molecule has 0 aromatic carbocycles. The lowest BCUT2D eigenvalue weighted by molar-refractivity contribution is -0.564. The van der Waals surface area contributed by atoms with Crippen LogP contribution in [-0.4, -0.2) is 23.6 Å². The Bertz CT molecular complexity index is 280. The zero-order valence-corrected chi connectivity index (χ0v) is 11.9. The van der Waals surface area contributed by atoms with Gasteiger partial charge in [0.1, 0.15) is 5.60 Å². The van der Waals surface area contributed by atoms with E-state index in [0.717, 1.165) is 19.3 Å². The first-order valence-corrected chi connectivity index (χ1v) is 6.59. The standard InChI is InChI=1S/C13H24O5/c1-6-8-9-10-13(7-2,18-17-10)16-11(14)15-12(3,4)5/h10H,6-9H2,1-5H3. The zero-order chi connectivity index (χ0) is 13.8. The lowest BCUT2D eigenvalue weighted by Crippen LogP contribution is -2.59. The summed E-state index contributed by atoms with van der Waals surface area (Å²) in [6.07, 6.45) is 2.51. The number of hydrogen-bond acceptors (Lipinski definition) is 5. The fraction of sp³-hybridized carbons (Fsp3) is 0.923. The number of rotatable bonds is 5. The molecule has 0 aromatic rings. The predicted molar refractivity (Wildman–Crippen MR) is 65.8 cm³/mol. The van der Waals surface area contributed by atoms with Crippen molar-refractivity contribution in [2.75, 3.05) is 0 Å². The van der Waals surface area contributed by atoms with Gasteiger partial charge in [0.05, 0.1) is 0 Å². The lowest BCUT2D eigenvalue weighted by Gasteiger charge is -2.44. The molecule has 0 bridgehead atoms. The number of unbranched alkanes of at least 4 members (excludes halogenated alkanes) is 1. The molecule has 1 saturated heterocycles. The van der Waals surface area contributed by atoms with Crippen molar-refractivity contribution >= 4 is 6.16 Å². The van der Waals surface area contributed by atoms with Crippen LogP contribution in [0.5, 0.6) is 0 Å². The SMILES string of the molecule is CCCCC1OOC1(CC)OC(=O)OC(C)(C)C. The Morgan fingerprint density at radius 2 is 2.00 bits per heavy atom. The maximum Gasteiger partial charge on any atom is 0.511 e. The maximum absolute atomic E-state index is 11.7. The average molecular weight is 260 g/mol. The Hall–Kier alpha value is -0.810. The quantitative estimate of drug-likeness (QED) is 0.558. The summed E-state index contributed by atoms with van der Waals surface area (Å²) in [7, 11) is 0. The summed E-state index contributed by atoms with van der Waals surface area (Å²) >= 11 is 0. The van der Waals surface area contributed by atoms with Gasteiger partial charge in [-0.2, -0.15) is 4.89 Å². The Morgan fingerprint density at radius 3 is 2.39 bits per heavy atom. The second-order valence-corrected chi connectivity index (χ2v) is 5.54. The van der Waals surface area contributed by atoms with Crippen LogP contribution in [0, 0.1) is 0 Å². The van der Waals surface area contributed by atoms with Crippen molar-refractivity contribution in [1.82, 2.24) is 0 Å². The van der Waals surface area contributed by atoms with Crippen LogP contribution in [-0.2, 0) is 19.2 Å². The average Bonchev–Trinajstić information content (AvgIpc) is 2.22. The first kappa shape index (κ1) is 15.2. The summed E-state index contributed by atoms with van der Waals surface area (Å²) in [6, 6.07) is 0. The van der Waals surface area contributed by atoms with Gasteiger partial charge in [-0.25, -0.2) is 9.68 Å². The van der Waals surface area contributed by atoms with Gasteiger partial charge in [-0.1, -0.05) is 26.7 Å². The van der Waals surface area contributed by atoms with E-state index in [1.165, 1.54) is 0 Å². The van der Waals surface area contributed by atoms with E-state index in [0.29, 0.717) is 6.42 Å². The van der Waals surface area contributed by atoms with Crippen molar-refractivity contribution in [3.05, 3.63) is 0 Å². The van der Waals surface area contributed by atoms with Crippen LogP contribution in [0.15, 0.2) is 0 Å². The van der Waals surface area contributed by atoms with Gasteiger partial charge in [-0.05, 0) is 27.2 Å². The van der Waals surface area contributed by atoms with Gasteiger partial charge in [0.15, 0.2) is 6.10 Å². The molecule has 1 heterocycles. The Balaban J connectivity index is 2.53. The van der Waals surface area contributed by atoms with Gasteiger partial charge in [0, 0.05) is 6.42 Å². The second-order valence-electron chi connectivity index (χ2n) is 5.54. The summed E-state index contributed by atoms with van der Waals surface area (Å²) < 4.78 is 10.4. The highest BCUT2D eigenvalue weighted by molar-refractivity contribution is 5.61. The fourth-order valence-electron chi connectivity index (χ4n) is 1.73. The Morgan fingerprint density at radius 1 is 1.33 bits per heavy atom. The maximum atomic E-state index is 11.7. The minimum atomic E-state index is -0.975. The second kappa shape index (κ2) is 5.89. The molecular weight excluding hydrogens is 236 g/mol. The van der Waals surface area contributed by atoms with E-state index >= 15 is 0 Å². The van der Waals surface area contributed by atoms with Crippen LogP contribution in [0.2, 0.25) is 0 Å². The van der Waals surface area contributed by atoms with Crippen LogP contribution < -0.4 is 0 Å². The largest absolute Gasteiger partial charge is 0.511 e. The summed E-state index contributed by atoms with van der Waals surface area (Å²) in [4.78, 5) is 21.7. The molecule has 2 atom stereocenters. The lowest BCUT2D eigenvalue weighted by atomic mass is 10.00. The third kappa shape index (κ3) is 3.85. The van der Waals surface area contributed by atoms with Crippen molar-refractivity contribution in [3.8, 4) is 0 Å². The van der Waals surface area contributed by atoms with Crippen molar-refractivity contribution < 1.29 is 24.0 Å². The van der Waals surface area contributed by atoms with Crippen LogP contribution >= 0.6 is 0 Å². The molecule has 106 valence electrons.